The van der Waals surface area contributed by atoms with Gasteiger partial charge in [0.05, 0.1) is 0 Å². The van der Waals surface area contributed by atoms with E-state index in [0.717, 1.165) is 27.7 Å². The Morgan fingerprint density at radius 3 is 2.71 bits per heavy atom. The molecule has 0 radical (unpaired) electrons. The van der Waals surface area contributed by atoms with Crippen molar-refractivity contribution < 1.29 is 9.18 Å². The molecular weight excluding hydrogens is 377 g/mol. The van der Waals surface area contributed by atoms with Crippen LogP contribution in [0.4, 0.5) is 20.6 Å². The topological polar surface area (TPSA) is 56.9 Å². The van der Waals surface area contributed by atoms with Crippen LogP contribution in [0.5, 0.6) is 0 Å². The van der Waals surface area contributed by atoms with Crippen LogP contribution in [0.1, 0.15) is 5.56 Å². The van der Waals surface area contributed by atoms with Crippen LogP contribution in [0, 0.1) is 12.7 Å². The van der Waals surface area contributed by atoms with Crippen LogP contribution in [0.3, 0.4) is 0 Å². The van der Waals surface area contributed by atoms with Gasteiger partial charge in [0.2, 0.25) is 0 Å². The molecule has 0 saturated heterocycles. The van der Waals surface area contributed by atoms with Gasteiger partial charge in [0.25, 0.3) is 0 Å². The Hall–Kier alpha value is -3.31. The minimum absolute atomic E-state index is 0.276. The number of rotatable bonds is 3. The first kappa shape index (κ1) is 18.1. The third-order valence-corrected chi connectivity index (χ3v) is 4.70. The molecule has 4 rings (SSSR count). The Balaban J connectivity index is 1.54. The van der Waals surface area contributed by atoms with E-state index in [1.165, 1.54) is 12.1 Å². The summed E-state index contributed by atoms with van der Waals surface area (Å²) in [5.74, 6) is -0.276. The molecule has 0 aliphatic rings. The van der Waals surface area contributed by atoms with Crippen LogP contribution in [-0.4, -0.2) is 11.0 Å². The summed E-state index contributed by atoms with van der Waals surface area (Å²) in [6, 6.07) is 18.9. The highest BCUT2D eigenvalue weighted by Gasteiger charge is 2.08. The number of carbonyl (C=O) groups is 1. The summed E-state index contributed by atoms with van der Waals surface area (Å²) in [7, 11) is 0. The lowest BCUT2D eigenvalue weighted by Gasteiger charge is -2.11. The van der Waals surface area contributed by atoms with E-state index in [0.29, 0.717) is 16.4 Å². The summed E-state index contributed by atoms with van der Waals surface area (Å²) < 4.78 is 13.4. The second-order valence-electron chi connectivity index (χ2n) is 6.53. The number of aromatic nitrogens is 1. The maximum Gasteiger partial charge on any atom is 0.323 e. The van der Waals surface area contributed by atoms with E-state index in [2.05, 4.69) is 15.6 Å². The second kappa shape index (κ2) is 7.37. The zero-order valence-electron chi connectivity index (χ0n) is 15.0. The smallest absolute Gasteiger partial charge is 0.323 e. The van der Waals surface area contributed by atoms with Crippen LogP contribution in [0.15, 0.2) is 66.7 Å². The zero-order valence-corrected chi connectivity index (χ0v) is 15.8. The van der Waals surface area contributed by atoms with E-state index in [-0.39, 0.29) is 11.8 Å². The van der Waals surface area contributed by atoms with Crippen LogP contribution < -0.4 is 10.6 Å². The van der Waals surface area contributed by atoms with Gasteiger partial charge in [-0.2, -0.15) is 0 Å². The maximum absolute atomic E-state index is 13.4. The summed E-state index contributed by atoms with van der Waals surface area (Å²) in [5, 5.41) is 6.97. The molecule has 140 valence electrons. The number of nitrogens with one attached hydrogen (secondary N) is 3. The summed E-state index contributed by atoms with van der Waals surface area (Å²) in [4.78, 5) is 15.6. The molecule has 4 nitrogen and oxygen atoms in total. The summed E-state index contributed by atoms with van der Waals surface area (Å²) in [5.41, 5.74) is 4.78. The fourth-order valence-corrected chi connectivity index (χ4v) is 3.21. The third-order valence-electron chi connectivity index (χ3n) is 4.46. The van der Waals surface area contributed by atoms with Crippen molar-refractivity contribution in [1.82, 2.24) is 4.98 Å². The SMILES string of the molecule is Cc1ccc(Cl)cc1NC(=O)Nc1cccc(-c2cc3cc(F)ccc3[nH]2)c1. The first-order chi connectivity index (χ1) is 13.5. The molecule has 0 spiro atoms. The Kier molecular flexibility index (Phi) is 4.75. The average molecular weight is 394 g/mol. The molecule has 0 atom stereocenters. The van der Waals surface area contributed by atoms with E-state index in [1.54, 1.807) is 24.3 Å². The van der Waals surface area contributed by atoms with Gasteiger partial charge in [-0.1, -0.05) is 29.8 Å². The van der Waals surface area contributed by atoms with E-state index in [1.807, 2.05) is 37.3 Å². The number of amides is 2. The largest absolute Gasteiger partial charge is 0.355 e. The molecule has 0 fully saturated rings. The maximum atomic E-state index is 13.4. The predicted molar refractivity (Wildman–Crippen MR) is 113 cm³/mol. The minimum Gasteiger partial charge on any atom is -0.355 e. The Labute approximate surface area is 166 Å². The van der Waals surface area contributed by atoms with E-state index in [4.69, 9.17) is 11.6 Å². The summed E-state index contributed by atoms with van der Waals surface area (Å²) in [6.07, 6.45) is 0. The van der Waals surface area contributed by atoms with Gasteiger partial charge >= 0.3 is 6.03 Å². The fourth-order valence-electron chi connectivity index (χ4n) is 3.04. The summed E-state index contributed by atoms with van der Waals surface area (Å²) >= 11 is 5.99. The third kappa shape index (κ3) is 3.85. The Morgan fingerprint density at radius 2 is 1.86 bits per heavy atom. The number of urea groups is 1. The monoisotopic (exact) mass is 393 g/mol. The number of aryl methyl sites for hydroxylation is 1. The first-order valence-electron chi connectivity index (χ1n) is 8.71. The molecule has 3 N–H and O–H groups in total. The average Bonchev–Trinajstić information content (AvgIpc) is 3.08. The molecule has 6 heteroatoms. The van der Waals surface area contributed by atoms with Crippen molar-refractivity contribution in [2.75, 3.05) is 10.6 Å². The van der Waals surface area contributed by atoms with Crippen molar-refractivity contribution in [2.45, 2.75) is 6.92 Å². The molecule has 4 aromatic rings. The molecule has 0 aliphatic carbocycles. The standard InChI is InChI=1S/C22H17ClFN3O/c1-13-5-6-16(23)12-20(13)27-22(28)25-18-4-2-3-14(10-18)21-11-15-9-17(24)7-8-19(15)26-21/h2-12,26H,1H3,(H2,25,27,28). The molecule has 3 aromatic carbocycles. The molecule has 2 amide bonds. The lowest BCUT2D eigenvalue weighted by atomic mass is 10.1. The van der Waals surface area contributed by atoms with Gasteiger partial charge in [-0.3, -0.25) is 0 Å². The predicted octanol–water partition coefficient (Wildman–Crippen LogP) is 6.58. The van der Waals surface area contributed by atoms with Crippen molar-refractivity contribution in [3.63, 3.8) is 0 Å². The lowest BCUT2D eigenvalue weighted by Crippen LogP contribution is -2.19. The lowest BCUT2D eigenvalue weighted by molar-refractivity contribution is 0.262. The van der Waals surface area contributed by atoms with Crippen LogP contribution in [0.25, 0.3) is 22.2 Å². The number of hydrogen-bond donors (Lipinski definition) is 3. The van der Waals surface area contributed by atoms with E-state index < -0.39 is 0 Å². The van der Waals surface area contributed by atoms with Crippen molar-refractivity contribution in [3.8, 4) is 11.3 Å². The van der Waals surface area contributed by atoms with Gasteiger partial charge < -0.3 is 15.6 Å². The van der Waals surface area contributed by atoms with Crippen molar-refractivity contribution in [2.24, 2.45) is 0 Å². The molecule has 1 heterocycles. The highest BCUT2D eigenvalue weighted by Crippen LogP contribution is 2.27. The highest BCUT2D eigenvalue weighted by atomic mass is 35.5. The number of halogens is 2. The highest BCUT2D eigenvalue weighted by molar-refractivity contribution is 6.31. The van der Waals surface area contributed by atoms with E-state index >= 15 is 0 Å². The number of hydrogen-bond acceptors (Lipinski definition) is 1. The first-order valence-corrected chi connectivity index (χ1v) is 9.08. The number of aromatic amines is 1. The number of benzene rings is 3. The molecule has 0 unspecified atom stereocenters. The Morgan fingerprint density at radius 1 is 1.00 bits per heavy atom. The molecule has 0 saturated carbocycles. The van der Waals surface area contributed by atoms with Crippen LogP contribution in [0.2, 0.25) is 5.02 Å². The number of fused-ring (bicyclic) bond motifs is 1. The summed E-state index contributed by atoms with van der Waals surface area (Å²) in [6.45, 7) is 1.89. The van der Waals surface area contributed by atoms with Gasteiger partial charge in [-0.05, 0) is 61.0 Å². The quantitative estimate of drug-likeness (QED) is 0.361. The number of carbonyl (C=O) groups excluding carboxylic acids is 1. The van der Waals surface area contributed by atoms with Gasteiger partial charge in [0, 0.05) is 38.6 Å². The van der Waals surface area contributed by atoms with Gasteiger partial charge in [-0.15, -0.1) is 0 Å². The van der Waals surface area contributed by atoms with Crippen molar-refractivity contribution >= 4 is 39.9 Å². The molecule has 0 aliphatic heterocycles. The second-order valence-corrected chi connectivity index (χ2v) is 6.97. The zero-order chi connectivity index (χ0) is 19.7. The number of anilines is 2. The molecule has 1 aromatic heterocycles. The molecular formula is C22H17ClFN3O. The Bertz CT molecular complexity index is 1190. The van der Waals surface area contributed by atoms with Gasteiger partial charge in [-0.25, -0.2) is 9.18 Å². The fraction of sp³-hybridized carbons (Fsp3) is 0.0455. The van der Waals surface area contributed by atoms with E-state index in [9.17, 15) is 9.18 Å². The van der Waals surface area contributed by atoms with Gasteiger partial charge in [0.15, 0.2) is 0 Å². The molecule has 28 heavy (non-hydrogen) atoms. The minimum atomic E-state index is -0.360. The van der Waals surface area contributed by atoms with Gasteiger partial charge in [0.1, 0.15) is 5.82 Å². The molecule has 0 bridgehead atoms. The number of H-pyrrole nitrogens is 1. The van der Waals surface area contributed by atoms with Crippen LogP contribution >= 0.6 is 11.6 Å². The van der Waals surface area contributed by atoms with Crippen LogP contribution in [-0.2, 0) is 0 Å². The van der Waals surface area contributed by atoms with Crippen molar-refractivity contribution in [3.05, 3.63) is 83.1 Å². The normalized spacial score (nSPS) is 10.8. The van der Waals surface area contributed by atoms with Crippen molar-refractivity contribution in [1.29, 1.82) is 0 Å².